The summed E-state index contributed by atoms with van der Waals surface area (Å²) in [7, 11) is 3.21. The van der Waals surface area contributed by atoms with Gasteiger partial charge in [0.2, 0.25) is 11.8 Å². The van der Waals surface area contributed by atoms with E-state index in [2.05, 4.69) is 19.9 Å². The maximum Gasteiger partial charge on any atom is 0.239 e. The number of furan rings is 1. The monoisotopic (exact) mass is 485 g/mol. The van der Waals surface area contributed by atoms with Crippen molar-refractivity contribution in [1.29, 1.82) is 0 Å². The molecule has 4 aromatic rings. The van der Waals surface area contributed by atoms with E-state index in [0.717, 1.165) is 17.9 Å². The lowest BCUT2D eigenvalue weighted by molar-refractivity contribution is 0.291. The van der Waals surface area contributed by atoms with E-state index in [1.807, 2.05) is 28.8 Å². The first kappa shape index (κ1) is 21.5. The Balaban J connectivity index is 1.48. The molecule has 4 heterocycles. The number of pyridine rings is 1. The first-order valence-corrected chi connectivity index (χ1v) is 11.3. The standard InChI is InChI=1S/C22H20ClN5O4S/c1-29-16-5-3-6-17(30-2)20(16)28-21(18-7-4-8-31-18)25-26-22(28)27-33-14-10-15-19(32-12-14)9-13(23)11-24-15/h3-9,11,14H,10,12H2,1-2H3,(H,26,27). The molecule has 0 saturated carbocycles. The van der Waals surface area contributed by atoms with Crippen LogP contribution in [0.2, 0.25) is 5.02 Å². The average Bonchev–Trinajstić information content (AvgIpc) is 3.52. The van der Waals surface area contributed by atoms with E-state index in [-0.39, 0.29) is 5.25 Å². The van der Waals surface area contributed by atoms with Crippen molar-refractivity contribution in [1.82, 2.24) is 19.7 Å². The van der Waals surface area contributed by atoms with E-state index < -0.39 is 0 Å². The van der Waals surface area contributed by atoms with Crippen LogP contribution in [0.3, 0.4) is 0 Å². The molecular formula is C22H20ClN5O4S. The summed E-state index contributed by atoms with van der Waals surface area (Å²) < 4.78 is 27.8. The number of para-hydroxylation sites is 1. The molecule has 1 N–H and O–H groups in total. The molecule has 0 fully saturated rings. The molecule has 1 aliphatic heterocycles. The van der Waals surface area contributed by atoms with Crippen LogP contribution in [0, 0.1) is 0 Å². The Hall–Kier alpha value is -3.37. The molecule has 1 aliphatic rings. The molecule has 1 atom stereocenters. The second-order valence-corrected chi connectivity index (χ2v) is 8.67. The Labute approximate surface area is 199 Å². The van der Waals surface area contributed by atoms with Gasteiger partial charge in [0.05, 0.1) is 36.4 Å². The number of rotatable bonds is 7. The average molecular weight is 486 g/mol. The summed E-state index contributed by atoms with van der Waals surface area (Å²) in [6.45, 7) is 0.504. The predicted octanol–water partition coefficient (Wildman–Crippen LogP) is 4.66. The van der Waals surface area contributed by atoms with Crippen molar-refractivity contribution in [3.63, 3.8) is 0 Å². The smallest absolute Gasteiger partial charge is 0.239 e. The fourth-order valence-corrected chi connectivity index (χ4v) is 4.51. The number of hydrogen-bond acceptors (Lipinski definition) is 9. The van der Waals surface area contributed by atoms with Crippen molar-refractivity contribution in [2.45, 2.75) is 11.7 Å². The molecule has 9 nitrogen and oxygen atoms in total. The number of halogens is 1. The third-order valence-corrected chi connectivity index (χ3v) is 6.23. The maximum absolute atomic E-state index is 6.02. The van der Waals surface area contributed by atoms with Crippen LogP contribution >= 0.6 is 23.5 Å². The van der Waals surface area contributed by atoms with Crippen molar-refractivity contribution >= 4 is 29.5 Å². The van der Waals surface area contributed by atoms with Gasteiger partial charge in [0.15, 0.2) is 5.76 Å². The van der Waals surface area contributed by atoms with Gasteiger partial charge in [-0.15, -0.1) is 10.2 Å². The van der Waals surface area contributed by atoms with E-state index in [1.165, 1.54) is 11.9 Å². The normalized spacial score (nSPS) is 14.9. The third kappa shape index (κ3) is 4.19. The lowest BCUT2D eigenvalue weighted by atomic mass is 10.1. The van der Waals surface area contributed by atoms with Crippen molar-refractivity contribution in [3.05, 3.63) is 59.6 Å². The summed E-state index contributed by atoms with van der Waals surface area (Å²) in [5, 5.41) is 9.40. The van der Waals surface area contributed by atoms with Crippen molar-refractivity contribution in [2.24, 2.45) is 0 Å². The zero-order valence-electron chi connectivity index (χ0n) is 17.8. The number of anilines is 1. The van der Waals surface area contributed by atoms with Crippen LogP contribution in [-0.4, -0.2) is 45.8 Å². The Morgan fingerprint density at radius 2 is 1.97 bits per heavy atom. The van der Waals surface area contributed by atoms with E-state index >= 15 is 0 Å². The molecule has 5 rings (SSSR count). The van der Waals surface area contributed by atoms with Gasteiger partial charge in [-0.1, -0.05) is 17.7 Å². The third-order valence-electron chi connectivity index (χ3n) is 5.09. The Bertz CT molecular complexity index is 1240. The number of aromatic nitrogens is 4. The maximum atomic E-state index is 6.02. The van der Waals surface area contributed by atoms with Gasteiger partial charge < -0.3 is 18.6 Å². The van der Waals surface area contributed by atoms with Crippen LogP contribution in [-0.2, 0) is 6.42 Å². The second kappa shape index (κ2) is 9.24. The molecular weight excluding hydrogens is 466 g/mol. The highest BCUT2D eigenvalue weighted by Gasteiger charge is 2.26. The molecule has 11 heteroatoms. The number of methoxy groups -OCH3 is 2. The van der Waals surface area contributed by atoms with Gasteiger partial charge in [0.1, 0.15) is 29.5 Å². The lowest BCUT2D eigenvalue weighted by Gasteiger charge is -2.24. The topological polar surface area (TPSA) is 96.5 Å². The summed E-state index contributed by atoms with van der Waals surface area (Å²) in [6.07, 6.45) is 3.94. The number of fused-ring (bicyclic) bond motifs is 1. The largest absolute Gasteiger partial charge is 0.494 e. The highest BCUT2D eigenvalue weighted by atomic mass is 35.5. The van der Waals surface area contributed by atoms with E-state index in [1.54, 1.807) is 38.8 Å². The minimum Gasteiger partial charge on any atom is -0.494 e. The fraction of sp³-hybridized carbons (Fsp3) is 0.227. The van der Waals surface area contributed by atoms with Crippen molar-refractivity contribution < 1.29 is 18.6 Å². The van der Waals surface area contributed by atoms with Gasteiger partial charge in [0, 0.05) is 18.7 Å². The second-order valence-electron chi connectivity index (χ2n) is 7.13. The Kier molecular flexibility index (Phi) is 6.01. The van der Waals surface area contributed by atoms with Crippen LogP contribution < -0.4 is 18.9 Å². The molecule has 0 radical (unpaired) electrons. The fourth-order valence-electron chi connectivity index (χ4n) is 3.58. The van der Waals surface area contributed by atoms with Crippen LogP contribution in [0.15, 0.2) is 53.3 Å². The number of nitrogens with one attached hydrogen (secondary N) is 1. The molecule has 0 bridgehead atoms. The van der Waals surface area contributed by atoms with Gasteiger partial charge in [-0.25, -0.2) is 0 Å². The van der Waals surface area contributed by atoms with Gasteiger partial charge in [-0.2, -0.15) is 0 Å². The highest BCUT2D eigenvalue weighted by Crippen LogP contribution is 2.38. The van der Waals surface area contributed by atoms with Crippen molar-refractivity contribution in [3.8, 4) is 34.5 Å². The minimum absolute atomic E-state index is 0.1000. The van der Waals surface area contributed by atoms with E-state index in [9.17, 15) is 0 Å². The predicted molar refractivity (Wildman–Crippen MR) is 126 cm³/mol. The number of nitrogens with zero attached hydrogens (tertiary/aromatic N) is 4. The Morgan fingerprint density at radius 3 is 2.70 bits per heavy atom. The first-order chi connectivity index (χ1) is 16.2. The van der Waals surface area contributed by atoms with Crippen LogP contribution in [0.4, 0.5) is 5.95 Å². The number of benzene rings is 1. The van der Waals surface area contributed by atoms with Crippen LogP contribution in [0.5, 0.6) is 17.2 Å². The molecule has 1 aromatic carbocycles. The quantitative estimate of drug-likeness (QED) is 0.375. The highest BCUT2D eigenvalue weighted by molar-refractivity contribution is 8.01. The summed E-state index contributed by atoms with van der Waals surface area (Å²) in [6, 6.07) is 11.0. The summed E-state index contributed by atoms with van der Waals surface area (Å²) in [4.78, 5) is 4.40. The molecule has 0 spiro atoms. The van der Waals surface area contributed by atoms with E-state index in [0.29, 0.717) is 46.3 Å². The molecule has 170 valence electrons. The summed E-state index contributed by atoms with van der Waals surface area (Å²) in [5.74, 6) is 3.49. The van der Waals surface area contributed by atoms with Gasteiger partial charge in [0.25, 0.3) is 0 Å². The lowest BCUT2D eigenvalue weighted by Crippen LogP contribution is -2.25. The molecule has 3 aromatic heterocycles. The number of ether oxygens (including phenoxy) is 3. The zero-order chi connectivity index (χ0) is 22.8. The summed E-state index contributed by atoms with van der Waals surface area (Å²) >= 11 is 7.50. The Morgan fingerprint density at radius 1 is 1.15 bits per heavy atom. The van der Waals surface area contributed by atoms with Gasteiger partial charge >= 0.3 is 0 Å². The molecule has 0 amide bonds. The molecule has 1 unspecified atom stereocenters. The van der Waals surface area contributed by atoms with Crippen LogP contribution in [0.25, 0.3) is 17.3 Å². The zero-order valence-corrected chi connectivity index (χ0v) is 19.4. The first-order valence-electron chi connectivity index (χ1n) is 10.1. The molecule has 0 aliphatic carbocycles. The van der Waals surface area contributed by atoms with Crippen molar-refractivity contribution in [2.75, 3.05) is 25.5 Å². The summed E-state index contributed by atoms with van der Waals surface area (Å²) in [5.41, 5.74) is 1.53. The van der Waals surface area contributed by atoms with Crippen LogP contribution in [0.1, 0.15) is 5.69 Å². The molecule has 33 heavy (non-hydrogen) atoms. The minimum atomic E-state index is 0.1000. The van der Waals surface area contributed by atoms with Gasteiger partial charge in [-0.05, 0) is 36.2 Å². The van der Waals surface area contributed by atoms with Gasteiger partial charge in [-0.3, -0.25) is 14.3 Å². The number of hydrogen-bond donors (Lipinski definition) is 1. The van der Waals surface area contributed by atoms with E-state index in [4.69, 9.17) is 30.2 Å². The SMILES string of the molecule is COc1cccc(OC)c1-n1c(NSC2COc3cc(Cl)cnc3C2)nnc1-c1ccco1. The molecule has 0 saturated heterocycles.